The first-order valence-corrected chi connectivity index (χ1v) is 6.49. The molecule has 19 heavy (non-hydrogen) atoms. The van der Waals surface area contributed by atoms with Crippen molar-refractivity contribution in [3.8, 4) is 5.75 Å². The van der Waals surface area contributed by atoms with Gasteiger partial charge in [0.15, 0.2) is 5.38 Å². The maximum Gasteiger partial charge on any atom is 0.328 e. The van der Waals surface area contributed by atoms with Gasteiger partial charge in [0.1, 0.15) is 5.75 Å². The van der Waals surface area contributed by atoms with E-state index < -0.39 is 11.3 Å². The number of esters is 1. The Morgan fingerprint density at radius 2 is 1.89 bits per heavy atom. The molecule has 0 spiro atoms. The van der Waals surface area contributed by atoms with Gasteiger partial charge in [0.2, 0.25) is 0 Å². The van der Waals surface area contributed by atoms with E-state index in [4.69, 9.17) is 21.1 Å². The molecule has 0 aliphatic carbocycles. The van der Waals surface area contributed by atoms with Crippen LogP contribution in [-0.2, 0) is 9.53 Å². The van der Waals surface area contributed by atoms with Crippen LogP contribution in [0.5, 0.6) is 5.75 Å². The van der Waals surface area contributed by atoms with E-state index in [9.17, 15) is 4.79 Å². The van der Waals surface area contributed by atoms with Gasteiger partial charge in [-0.15, -0.1) is 11.6 Å². The van der Waals surface area contributed by atoms with Crippen LogP contribution < -0.4 is 4.74 Å². The Morgan fingerprint density at radius 3 is 2.53 bits per heavy atom. The second kappa shape index (κ2) is 5.93. The third-order valence-corrected chi connectivity index (χ3v) is 3.32. The van der Waals surface area contributed by atoms with Gasteiger partial charge in [0.05, 0.1) is 13.7 Å². The second-order valence-corrected chi connectivity index (χ2v) is 4.45. The predicted molar refractivity (Wildman–Crippen MR) is 75.7 cm³/mol. The van der Waals surface area contributed by atoms with E-state index in [1.54, 1.807) is 20.1 Å². The standard InChI is InChI=1S/C15H15ClO3/c1-3-19-15(17)14(16)12-8-9-13(18-2)11-7-5-4-6-10(11)12/h4-9,14H,3H2,1-2H3. The lowest BCUT2D eigenvalue weighted by Gasteiger charge is -2.14. The third-order valence-electron chi connectivity index (χ3n) is 2.90. The maximum atomic E-state index is 11.8. The molecule has 2 rings (SSSR count). The monoisotopic (exact) mass is 278 g/mol. The fourth-order valence-electron chi connectivity index (χ4n) is 2.04. The molecule has 0 bridgehead atoms. The molecule has 0 aliphatic rings. The number of fused-ring (bicyclic) bond motifs is 1. The number of hydrogen-bond acceptors (Lipinski definition) is 3. The molecule has 0 aromatic heterocycles. The zero-order valence-electron chi connectivity index (χ0n) is 10.9. The van der Waals surface area contributed by atoms with Crippen molar-refractivity contribution in [2.24, 2.45) is 0 Å². The minimum Gasteiger partial charge on any atom is -0.496 e. The predicted octanol–water partition coefficient (Wildman–Crippen LogP) is 3.69. The molecule has 1 unspecified atom stereocenters. The van der Waals surface area contributed by atoms with Crippen molar-refractivity contribution < 1.29 is 14.3 Å². The minimum atomic E-state index is -0.809. The highest BCUT2D eigenvalue weighted by molar-refractivity contribution is 6.31. The Kier molecular flexibility index (Phi) is 4.27. The highest BCUT2D eigenvalue weighted by Crippen LogP contribution is 2.34. The Hall–Kier alpha value is -1.74. The van der Waals surface area contributed by atoms with Crippen LogP contribution in [0.25, 0.3) is 10.8 Å². The normalized spacial score (nSPS) is 12.2. The number of ether oxygens (including phenoxy) is 2. The van der Waals surface area contributed by atoms with E-state index in [2.05, 4.69) is 0 Å². The summed E-state index contributed by atoms with van der Waals surface area (Å²) in [6.45, 7) is 2.07. The smallest absolute Gasteiger partial charge is 0.328 e. The topological polar surface area (TPSA) is 35.5 Å². The average molecular weight is 279 g/mol. The van der Waals surface area contributed by atoms with Gasteiger partial charge in [0.25, 0.3) is 0 Å². The van der Waals surface area contributed by atoms with Gasteiger partial charge in [-0.3, -0.25) is 4.79 Å². The van der Waals surface area contributed by atoms with Gasteiger partial charge in [-0.05, 0) is 23.9 Å². The molecular weight excluding hydrogens is 264 g/mol. The van der Waals surface area contributed by atoms with Crippen molar-refractivity contribution in [3.05, 3.63) is 42.0 Å². The second-order valence-electron chi connectivity index (χ2n) is 4.02. The SMILES string of the molecule is CCOC(=O)C(Cl)c1ccc(OC)c2ccccc12. The van der Waals surface area contributed by atoms with Crippen molar-refractivity contribution in [2.45, 2.75) is 12.3 Å². The number of carbonyl (C=O) groups is 1. The number of hydrogen-bond donors (Lipinski definition) is 0. The van der Waals surface area contributed by atoms with E-state index in [1.807, 2.05) is 30.3 Å². The van der Waals surface area contributed by atoms with E-state index in [0.717, 1.165) is 22.1 Å². The molecular formula is C15H15ClO3. The van der Waals surface area contributed by atoms with Crippen LogP contribution in [0.1, 0.15) is 17.9 Å². The summed E-state index contributed by atoms with van der Waals surface area (Å²) in [5.41, 5.74) is 0.733. The maximum absolute atomic E-state index is 11.8. The summed E-state index contributed by atoms with van der Waals surface area (Å²) in [4.78, 5) is 11.8. The van der Waals surface area contributed by atoms with Crippen molar-refractivity contribution in [3.63, 3.8) is 0 Å². The molecule has 0 N–H and O–H groups in total. The van der Waals surface area contributed by atoms with Crippen LogP contribution in [0.2, 0.25) is 0 Å². The number of halogens is 1. The molecule has 0 heterocycles. The molecule has 100 valence electrons. The summed E-state index contributed by atoms with van der Waals surface area (Å²) in [7, 11) is 1.62. The van der Waals surface area contributed by atoms with E-state index in [1.165, 1.54) is 0 Å². The largest absolute Gasteiger partial charge is 0.496 e. The lowest BCUT2D eigenvalue weighted by molar-refractivity contribution is -0.142. The lowest BCUT2D eigenvalue weighted by atomic mass is 10.0. The molecule has 0 aliphatic heterocycles. The van der Waals surface area contributed by atoms with E-state index >= 15 is 0 Å². The highest BCUT2D eigenvalue weighted by Gasteiger charge is 2.21. The first kappa shape index (κ1) is 13.7. The molecule has 0 saturated heterocycles. The van der Waals surface area contributed by atoms with Gasteiger partial charge in [0, 0.05) is 5.39 Å². The van der Waals surface area contributed by atoms with Gasteiger partial charge in [-0.1, -0.05) is 30.3 Å². The Labute approximate surface area is 117 Å². The van der Waals surface area contributed by atoms with Crippen molar-refractivity contribution in [2.75, 3.05) is 13.7 Å². The average Bonchev–Trinajstić information content (AvgIpc) is 2.45. The molecule has 1 atom stereocenters. The minimum absolute atomic E-state index is 0.316. The number of methoxy groups -OCH3 is 1. The van der Waals surface area contributed by atoms with Crippen molar-refractivity contribution in [1.29, 1.82) is 0 Å². The number of rotatable bonds is 4. The molecule has 0 saturated carbocycles. The summed E-state index contributed by atoms with van der Waals surface area (Å²) in [5.74, 6) is 0.326. The summed E-state index contributed by atoms with van der Waals surface area (Å²) in [6.07, 6.45) is 0. The van der Waals surface area contributed by atoms with Crippen LogP contribution in [0.4, 0.5) is 0 Å². The van der Waals surface area contributed by atoms with Crippen LogP contribution in [0.3, 0.4) is 0 Å². The van der Waals surface area contributed by atoms with Gasteiger partial charge in [-0.2, -0.15) is 0 Å². The van der Waals surface area contributed by atoms with Crippen LogP contribution in [0, 0.1) is 0 Å². The molecule has 4 heteroatoms. The van der Waals surface area contributed by atoms with Crippen LogP contribution in [-0.4, -0.2) is 19.7 Å². The Balaban J connectivity index is 2.53. The fourth-order valence-corrected chi connectivity index (χ4v) is 2.29. The summed E-state index contributed by atoms with van der Waals surface area (Å²) in [6, 6.07) is 11.3. The van der Waals surface area contributed by atoms with Crippen molar-refractivity contribution in [1.82, 2.24) is 0 Å². The molecule has 0 fully saturated rings. The molecule has 2 aromatic rings. The molecule has 3 nitrogen and oxygen atoms in total. The number of alkyl halides is 1. The first-order chi connectivity index (χ1) is 9.19. The van der Waals surface area contributed by atoms with Crippen molar-refractivity contribution >= 4 is 28.3 Å². The molecule has 2 aromatic carbocycles. The zero-order chi connectivity index (χ0) is 13.8. The summed E-state index contributed by atoms with van der Waals surface area (Å²) < 4.78 is 10.3. The molecule has 0 amide bonds. The Morgan fingerprint density at radius 1 is 1.21 bits per heavy atom. The highest BCUT2D eigenvalue weighted by atomic mass is 35.5. The quantitative estimate of drug-likeness (QED) is 0.632. The lowest BCUT2D eigenvalue weighted by Crippen LogP contribution is -2.11. The zero-order valence-corrected chi connectivity index (χ0v) is 11.6. The van der Waals surface area contributed by atoms with Crippen LogP contribution in [0.15, 0.2) is 36.4 Å². The number of benzene rings is 2. The summed E-state index contributed by atoms with van der Waals surface area (Å²) >= 11 is 6.19. The van der Waals surface area contributed by atoms with Gasteiger partial charge in [-0.25, -0.2) is 0 Å². The van der Waals surface area contributed by atoms with Gasteiger partial charge < -0.3 is 9.47 Å². The van der Waals surface area contributed by atoms with Crippen LogP contribution >= 0.6 is 11.6 Å². The fraction of sp³-hybridized carbons (Fsp3) is 0.267. The number of carbonyl (C=O) groups excluding carboxylic acids is 1. The Bertz CT molecular complexity index is 595. The molecule has 0 radical (unpaired) electrons. The van der Waals surface area contributed by atoms with E-state index in [-0.39, 0.29) is 0 Å². The van der Waals surface area contributed by atoms with Gasteiger partial charge >= 0.3 is 5.97 Å². The summed E-state index contributed by atoms with van der Waals surface area (Å²) in [5, 5.41) is 1.02. The first-order valence-electron chi connectivity index (χ1n) is 6.05. The van der Waals surface area contributed by atoms with E-state index in [0.29, 0.717) is 6.61 Å². The third kappa shape index (κ3) is 2.66.